The number of morpholine rings is 1. The number of rotatable bonds is 6. The molecule has 1 atom stereocenters. The van der Waals surface area contributed by atoms with Crippen LogP contribution >= 0.6 is 11.8 Å². The number of hydrogen-bond acceptors (Lipinski definition) is 5. The smallest absolute Gasteiger partial charge is 0.416 e. The lowest BCUT2D eigenvalue weighted by Crippen LogP contribution is -2.52. The number of aliphatic carboxylic acids is 1. The summed E-state index contributed by atoms with van der Waals surface area (Å²) >= 11 is 1.28. The van der Waals surface area contributed by atoms with Crippen LogP contribution in [0, 0.1) is 5.82 Å². The number of hydrogen-bond donors (Lipinski definition) is 1. The molecule has 0 radical (unpaired) electrons. The van der Waals surface area contributed by atoms with Crippen molar-refractivity contribution in [2.45, 2.75) is 32.7 Å². The van der Waals surface area contributed by atoms with E-state index < -0.39 is 29.7 Å². The van der Waals surface area contributed by atoms with Gasteiger partial charge in [0.2, 0.25) is 0 Å². The molecule has 0 bridgehead atoms. The van der Waals surface area contributed by atoms with E-state index in [4.69, 9.17) is 4.74 Å². The first kappa shape index (κ1) is 23.6. The molecule has 2 aliphatic heterocycles. The first-order valence-electron chi connectivity index (χ1n) is 9.86. The van der Waals surface area contributed by atoms with Gasteiger partial charge in [0.15, 0.2) is 0 Å². The number of carbonyl (C=O) groups is 1. The average molecular weight is 460 g/mol. The highest BCUT2D eigenvalue weighted by molar-refractivity contribution is 8.03. The Labute approximate surface area is 182 Å². The number of alkyl halides is 3. The van der Waals surface area contributed by atoms with E-state index in [9.17, 15) is 27.5 Å². The Morgan fingerprint density at radius 3 is 2.55 bits per heavy atom. The fourth-order valence-electron chi connectivity index (χ4n) is 3.75. The number of nitrogens with zero attached hydrogens (tertiary/aromatic N) is 2. The number of benzene rings is 1. The van der Waals surface area contributed by atoms with E-state index in [1.54, 1.807) is 17.9 Å². The normalized spacial score (nSPS) is 20.8. The SMILES string of the molecule is CCSC1=C(C(=O)O)C(C)=CC(N2CCOCC2)N1Cc1cc(C(F)(F)F)ccc1F. The summed E-state index contributed by atoms with van der Waals surface area (Å²) < 4.78 is 59.6. The fraction of sp³-hybridized carbons (Fsp3) is 0.476. The maximum Gasteiger partial charge on any atom is 0.416 e. The summed E-state index contributed by atoms with van der Waals surface area (Å²) in [7, 11) is 0. The van der Waals surface area contributed by atoms with Crippen LogP contribution in [0.5, 0.6) is 0 Å². The zero-order chi connectivity index (χ0) is 22.8. The van der Waals surface area contributed by atoms with Crippen molar-refractivity contribution in [1.82, 2.24) is 9.80 Å². The number of carboxylic acid groups (broad SMARTS) is 1. The summed E-state index contributed by atoms with van der Waals surface area (Å²) in [6, 6.07) is 2.31. The zero-order valence-electron chi connectivity index (χ0n) is 17.2. The molecular weight excluding hydrogens is 436 g/mol. The second-order valence-electron chi connectivity index (χ2n) is 7.26. The van der Waals surface area contributed by atoms with Gasteiger partial charge in [-0.2, -0.15) is 13.2 Å². The maximum atomic E-state index is 14.5. The van der Waals surface area contributed by atoms with Crippen molar-refractivity contribution >= 4 is 17.7 Å². The van der Waals surface area contributed by atoms with E-state index in [-0.39, 0.29) is 17.7 Å². The number of carboxylic acids is 1. The van der Waals surface area contributed by atoms with Crippen molar-refractivity contribution in [1.29, 1.82) is 0 Å². The molecule has 0 aliphatic carbocycles. The molecule has 0 aromatic heterocycles. The third kappa shape index (κ3) is 5.24. The summed E-state index contributed by atoms with van der Waals surface area (Å²) in [4.78, 5) is 15.7. The van der Waals surface area contributed by atoms with E-state index in [1.165, 1.54) is 11.8 Å². The van der Waals surface area contributed by atoms with Crippen LogP contribution < -0.4 is 0 Å². The summed E-state index contributed by atoms with van der Waals surface area (Å²) in [5.41, 5.74) is -0.424. The van der Waals surface area contributed by atoms with Crippen LogP contribution in [-0.2, 0) is 22.3 Å². The monoisotopic (exact) mass is 460 g/mol. The molecule has 0 amide bonds. The van der Waals surface area contributed by atoms with E-state index in [0.717, 1.165) is 12.1 Å². The summed E-state index contributed by atoms with van der Waals surface area (Å²) in [6.07, 6.45) is -3.25. The largest absolute Gasteiger partial charge is 0.478 e. The van der Waals surface area contributed by atoms with Gasteiger partial charge < -0.3 is 14.7 Å². The predicted octanol–water partition coefficient (Wildman–Crippen LogP) is 4.31. The van der Waals surface area contributed by atoms with Gasteiger partial charge in [0, 0.05) is 25.2 Å². The third-order valence-electron chi connectivity index (χ3n) is 5.22. The minimum Gasteiger partial charge on any atom is -0.478 e. The zero-order valence-corrected chi connectivity index (χ0v) is 18.0. The van der Waals surface area contributed by atoms with Gasteiger partial charge in [-0.15, -0.1) is 11.8 Å². The lowest BCUT2D eigenvalue weighted by Gasteiger charge is -2.44. The van der Waals surface area contributed by atoms with E-state index >= 15 is 0 Å². The van der Waals surface area contributed by atoms with Gasteiger partial charge in [-0.05, 0) is 42.5 Å². The summed E-state index contributed by atoms with van der Waals surface area (Å²) in [6.45, 7) is 5.49. The van der Waals surface area contributed by atoms with Crippen molar-refractivity contribution in [2.24, 2.45) is 0 Å². The first-order chi connectivity index (χ1) is 14.6. The van der Waals surface area contributed by atoms with Crippen molar-refractivity contribution in [3.05, 3.63) is 57.4 Å². The van der Waals surface area contributed by atoms with E-state index in [2.05, 4.69) is 4.90 Å². The highest BCUT2D eigenvalue weighted by Crippen LogP contribution is 2.38. The van der Waals surface area contributed by atoms with E-state index in [1.807, 2.05) is 6.92 Å². The van der Waals surface area contributed by atoms with Gasteiger partial charge in [0.05, 0.1) is 29.4 Å². The molecule has 3 rings (SSSR count). The topological polar surface area (TPSA) is 53.0 Å². The van der Waals surface area contributed by atoms with E-state index in [0.29, 0.717) is 48.7 Å². The number of thioether (sulfide) groups is 1. The second kappa shape index (κ2) is 9.62. The standard InChI is InChI=1S/C21H24F4N2O3S/c1-3-31-19-18(20(28)29)13(2)10-17(26-6-8-30-9-7-26)27(19)12-14-11-15(21(23,24)25)4-5-16(14)22/h4-5,10-11,17H,3,6-9,12H2,1-2H3,(H,28,29). The lowest BCUT2D eigenvalue weighted by molar-refractivity contribution is -0.137. The van der Waals surface area contributed by atoms with Gasteiger partial charge in [0.1, 0.15) is 12.0 Å². The highest BCUT2D eigenvalue weighted by atomic mass is 32.2. The Kier molecular flexibility index (Phi) is 7.33. The van der Waals surface area contributed by atoms with Crippen LogP contribution in [0.1, 0.15) is 25.0 Å². The molecule has 1 aromatic carbocycles. The molecule has 1 saturated heterocycles. The fourth-order valence-corrected chi connectivity index (χ4v) is 4.75. The van der Waals surface area contributed by atoms with Crippen LogP contribution in [0.3, 0.4) is 0 Å². The second-order valence-corrected chi connectivity index (χ2v) is 8.51. The molecule has 0 saturated carbocycles. The molecular formula is C21H24F4N2O3S. The van der Waals surface area contributed by atoms with Gasteiger partial charge in [-0.1, -0.05) is 6.92 Å². The minimum absolute atomic E-state index is 0.0868. The molecule has 1 fully saturated rings. The van der Waals surface area contributed by atoms with Crippen LogP contribution in [0.2, 0.25) is 0 Å². The molecule has 2 aliphatic rings. The molecule has 1 N–H and O–H groups in total. The summed E-state index contributed by atoms with van der Waals surface area (Å²) in [5, 5.41) is 10.2. The first-order valence-corrected chi connectivity index (χ1v) is 10.8. The molecule has 31 heavy (non-hydrogen) atoms. The van der Waals surface area contributed by atoms with Gasteiger partial charge in [0.25, 0.3) is 0 Å². The van der Waals surface area contributed by atoms with Crippen molar-refractivity contribution < 1.29 is 32.2 Å². The molecule has 10 heteroatoms. The lowest BCUT2D eigenvalue weighted by atomic mass is 10.0. The quantitative estimate of drug-likeness (QED) is 0.639. The van der Waals surface area contributed by atoms with Gasteiger partial charge in [-0.3, -0.25) is 4.90 Å². The molecule has 2 heterocycles. The Hall–Kier alpha value is -2.04. The maximum absolute atomic E-state index is 14.5. The molecule has 0 spiro atoms. The molecule has 1 unspecified atom stereocenters. The Balaban J connectivity index is 2.08. The minimum atomic E-state index is -4.60. The van der Waals surface area contributed by atoms with Crippen molar-refractivity contribution in [3.8, 4) is 0 Å². The van der Waals surface area contributed by atoms with Crippen LogP contribution in [-0.4, -0.2) is 59.1 Å². The van der Waals surface area contributed by atoms with Gasteiger partial charge in [-0.25, -0.2) is 9.18 Å². The van der Waals surface area contributed by atoms with Crippen LogP contribution in [0.4, 0.5) is 17.6 Å². The van der Waals surface area contributed by atoms with Crippen molar-refractivity contribution in [3.63, 3.8) is 0 Å². The van der Waals surface area contributed by atoms with Crippen LogP contribution in [0.25, 0.3) is 0 Å². The van der Waals surface area contributed by atoms with Gasteiger partial charge >= 0.3 is 12.1 Å². The Morgan fingerprint density at radius 2 is 1.97 bits per heavy atom. The average Bonchev–Trinajstić information content (AvgIpc) is 2.70. The Morgan fingerprint density at radius 1 is 1.29 bits per heavy atom. The number of halogens is 4. The predicted molar refractivity (Wildman–Crippen MR) is 110 cm³/mol. The molecule has 170 valence electrons. The Bertz CT molecular complexity index is 895. The highest BCUT2D eigenvalue weighted by Gasteiger charge is 2.36. The molecule has 1 aromatic rings. The molecule has 5 nitrogen and oxygen atoms in total. The number of ether oxygens (including phenoxy) is 1. The third-order valence-corrected chi connectivity index (χ3v) is 6.22. The summed E-state index contributed by atoms with van der Waals surface area (Å²) in [5.74, 6) is -1.34. The van der Waals surface area contributed by atoms with Crippen LogP contribution in [0.15, 0.2) is 40.5 Å². The van der Waals surface area contributed by atoms with Crippen molar-refractivity contribution in [2.75, 3.05) is 32.1 Å².